The highest BCUT2D eigenvalue weighted by Gasteiger charge is 2.07. The Bertz CT molecular complexity index is 231. The SMILES string of the molecule is C=C(C)CC(=O)NCCC(=O)C(C)C. The molecule has 0 aliphatic heterocycles. The van der Waals surface area contributed by atoms with E-state index < -0.39 is 0 Å². The third-order valence-corrected chi connectivity index (χ3v) is 1.80. The summed E-state index contributed by atoms with van der Waals surface area (Å²) in [5, 5.41) is 2.68. The minimum absolute atomic E-state index is 0.0491. The molecule has 0 aromatic carbocycles. The first-order chi connectivity index (χ1) is 6.43. The van der Waals surface area contributed by atoms with Crippen LogP contribution in [0.5, 0.6) is 0 Å². The second-order valence-electron chi connectivity index (χ2n) is 3.85. The fourth-order valence-corrected chi connectivity index (χ4v) is 0.950. The Morgan fingerprint density at radius 2 is 1.93 bits per heavy atom. The molecule has 0 spiro atoms. The molecule has 0 rings (SSSR count). The van der Waals surface area contributed by atoms with Gasteiger partial charge in [-0.1, -0.05) is 26.0 Å². The Morgan fingerprint density at radius 1 is 1.36 bits per heavy atom. The Morgan fingerprint density at radius 3 is 2.36 bits per heavy atom. The molecule has 0 radical (unpaired) electrons. The van der Waals surface area contributed by atoms with Crippen LogP contribution in [0, 0.1) is 5.92 Å². The van der Waals surface area contributed by atoms with Crippen molar-refractivity contribution in [3.63, 3.8) is 0 Å². The summed E-state index contributed by atoms with van der Waals surface area (Å²) >= 11 is 0. The van der Waals surface area contributed by atoms with E-state index in [1.54, 1.807) is 6.92 Å². The van der Waals surface area contributed by atoms with Gasteiger partial charge in [-0.2, -0.15) is 0 Å². The van der Waals surface area contributed by atoms with Crippen molar-refractivity contribution in [1.82, 2.24) is 5.32 Å². The van der Waals surface area contributed by atoms with Crippen LogP contribution in [0.3, 0.4) is 0 Å². The largest absolute Gasteiger partial charge is 0.355 e. The fraction of sp³-hybridized carbons (Fsp3) is 0.636. The van der Waals surface area contributed by atoms with Gasteiger partial charge in [-0.15, -0.1) is 0 Å². The molecule has 3 heteroatoms. The zero-order valence-electron chi connectivity index (χ0n) is 9.22. The van der Waals surface area contributed by atoms with Gasteiger partial charge in [-0.25, -0.2) is 0 Å². The van der Waals surface area contributed by atoms with Crippen molar-refractivity contribution in [2.45, 2.75) is 33.6 Å². The van der Waals surface area contributed by atoms with Gasteiger partial charge in [0.1, 0.15) is 5.78 Å². The molecule has 3 nitrogen and oxygen atoms in total. The summed E-state index contributed by atoms with van der Waals surface area (Å²) in [5.41, 5.74) is 0.831. The van der Waals surface area contributed by atoms with Crippen molar-refractivity contribution in [3.05, 3.63) is 12.2 Å². The van der Waals surface area contributed by atoms with Crippen LogP contribution >= 0.6 is 0 Å². The van der Waals surface area contributed by atoms with Crippen LogP contribution in [0.15, 0.2) is 12.2 Å². The lowest BCUT2D eigenvalue weighted by Gasteiger charge is -2.06. The highest BCUT2D eigenvalue weighted by Crippen LogP contribution is 1.98. The molecule has 0 saturated heterocycles. The molecule has 0 atom stereocenters. The van der Waals surface area contributed by atoms with Gasteiger partial charge in [0.2, 0.25) is 5.91 Å². The highest BCUT2D eigenvalue weighted by atomic mass is 16.1. The summed E-state index contributed by atoms with van der Waals surface area (Å²) in [7, 11) is 0. The lowest BCUT2D eigenvalue weighted by atomic mass is 10.1. The maximum absolute atomic E-state index is 11.2. The smallest absolute Gasteiger partial charge is 0.224 e. The summed E-state index contributed by atoms with van der Waals surface area (Å²) in [5.74, 6) is 0.169. The van der Waals surface area contributed by atoms with E-state index in [-0.39, 0.29) is 17.6 Å². The van der Waals surface area contributed by atoms with Gasteiger partial charge in [-0.05, 0) is 6.92 Å². The van der Waals surface area contributed by atoms with E-state index in [1.807, 2.05) is 13.8 Å². The van der Waals surface area contributed by atoms with E-state index >= 15 is 0 Å². The Hall–Kier alpha value is -1.12. The molecule has 0 saturated carbocycles. The number of amides is 1. The predicted octanol–water partition coefficient (Wildman–Crippen LogP) is 1.68. The molecule has 0 aromatic rings. The normalized spacial score (nSPS) is 10.0. The van der Waals surface area contributed by atoms with Crippen LogP contribution in [0.1, 0.15) is 33.6 Å². The molecule has 0 heterocycles. The number of Topliss-reactive ketones (excluding diaryl/α,β-unsaturated/α-hetero) is 1. The first kappa shape index (κ1) is 12.9. The first-order valence-electron chi connectivity index (χ1n) is 4.87. The van der Waals surface area contributed by atoms with Crippen molar-refractivity contribution < 1.29 is 9.59 Å². The van der Waals surface area contributed by atoms with E-state index in [1.165, 1.54) is 0 Å². The molecular weight excluding hydrogens is 178 g/mol. The Balaban J connectivity index is 3.59. The summed E-state index contributed by atoms with van der Waals surface area (Å²) in [6.07, 6.45) is 0.759. The quantitative estimate of drug-likeness (QED) is 0.658. The molecule has 0 bridgehead atoms. The van der Waals surface area contributed by atoms with Crippen molar-refractivity contribution in [3.8, 4) is 0 Å². The topological polar surface area (TPSA) is 46.2 Å². The minimum atomic E-state index is -0.0611. The van der Waals surface area contributed by atoms with Crippen molar-refractivity contribution in [1.29, 1.82) is 0 Å². The maximum Gasteiger partial charge on any atom is 0.224 e. The number of hydrogen-bond donors (Lipinski definition) is 1. The average molecular weight is 197 g/mol. The lowest BCUT2D eigenvalue weighted by Crippen LogP contribution is -2.26. The number of ketones is 1. The lowest BCUT2D eigenvalue weighted by molar-refractivity contribution is -0.122. The van der Waals surface area contributed by atoms with Gasteiger partial charge in [0.15, 0.2) is 0 Å². The van der Waals surface area contributed by atoms with Crippen molar-refractivity contribution in [2.75, 3.05) is 6.54 Å². The van der Waals surface area contributed by atoms with Gasteiger partial charge in [-0.3, -0.25) is 9.59 Å². The molecule has 1 N–H and O–H groups in total. The van der Waals surface area contributed by atoms with Crippen molar-refractivity contribution in [2.24, 2.45) is 5.92 Å². The number of hydrogen-bond acceptors (Lipinski definition) is 2. The molecule has 0 aromatic heterocycles. The summed E-state index contributed by atoms with van der Waals surface area (Å²) < 4.78 is 0. The van der Waals surface area contributed by atoms with E-state index in [0.717, 1.165) is 5.57 Å². The number of rotatable bonds is 6. The first-order valence-corrected chi connectivity index (χ1v) is 4.87. The standard InChI is InChI=1S/C11H19NO2/c1-8(2)7-11(14)12-6-5-10(13)9(3)4/h9H,1,5-7H2,2-4H3,(H,12,14). The van der Waals surface area contributed by atoms with Crippen LogP contribution in [0.25, 0.3) is 0 Å². The summed E-state index contributed by atoms with van der Waals surface area (Å²) in [6.45, 7) is 9.60. The van der Waals surface area contributed by atoms with Crippen molar-refractivity contribution >= 4 is 11.7 Å². The van der Waals surface area contributed by atoms with E-state index in [9.17, 15) is 9.59 Å². The minimum Gasteiger partial charge on any atom is -0.355 e. The molecule has 14 heavy (non-hydrogen) atoms. The molecule has 1 amide bonds. The van der Waals surface area contributed by atoms with Gasteiger partial charge in [0.05, 0.1) is 0 Å². The third-order valence-electron chi connectivity index (χ3n) is 1.80. The molecule has 0 aliphatic rings. The zero-order chi connectivity index (χ0) is 11.1. The van der Waals surface area contributed by atoms with Crippen LogP contribution in [-0.4, -0.2) is 18.2 Å². The zero-order valence-corrected chi connectivity index (χ0v) is 9.22. The van der Waals surface area contributed by atoms with Gasteiger partial charge in [0, 0.05) is 25.3 Å². The molecule has 0 unspecified atom stereocenters. The second kappa shape index (κ2) is 6.35. The fourth-order valence-electron chi connectivity index (χ4n) is 0.950. The van der Waals surface area contributed by atoms with E-state index in [4.69, 9.17) is 0 Å². The molecule has 80 valence electrons. The van der Waals surface area contributed by atoms with Crippen LogP contribution in [0.4, 0.5) is 0 Å². The summed E-state index contributed by atoms with van der Waals surface area (Å²) in [4.78, 5) is 22.3. The summed E-state index contributed by atoms with van der Waals surface area (Å²) in [6, 6.07) is 0. The third kappa shape index (κ3) is 6.40. The Labute approximate surface area is 85.6 Å². The maximum atomic E-state index is 11.2. The van der Waals surface area contributed by atoms with Gasteiger partial charge >= 0.3 is 0 Å². The van der Waals surface area contributed by atoms with Gasteiger partial charge in [0.25, 0.3) is 0 Å². The number of carbonyl (C=O) groups is 2. The highest BCUT2D eigenvalue weighted by molar-refractivity contribution is 5.82. The second-order valence-corrected chi connectivity index (χ2v) is 3.85. The Kier molecular flexibility index (Phi) is 5.84. The molecular formula is C11H19NO2. The number of nitrogens with one attached hydrogen (secondary N) is 1. The molecule has 0 fully saturated rings. The van der Waals surface area contributed by atoms with Gasteiger partial charge < -0.3 is 5.32 Å². The number of carbonyl (C=O) groups excluding carboxylic acids is 2. The predicted molar refractivity (Wildman–Crippen MR) is 56.9 cm³/mol. The van der Waals surface area contributed by atoms with Crippen LogP contribution < -0.4 is 5.32 Å². The van der Waals surface area contributed by atoms with Crippen LogP contribution in [0.2, 0.25) is 0 Å². The van der Waals surface area contributed by atoms with E-state index in [2.05, 4.69) is 11.9 Å². The van der Waals surface area contributed by atoms with E-state index in [0.29, 0.717) is 19.4 Å². The van der Waals surface area contributed by atoms with Crippen LogP contribution in [-0.2, 0) is 9.59 Å². The average Bonchev–Trinajstić information content (AvgIpc) is 2.02. The monoisotopic (exact) mass is 197 g/mol. The molecule has 0 aliphatic carbocycles.